The van der Waals surface area contributed by atoms with Crippen LogP contribution >= 0.6 is 0 Å². The lowest BCUT2D eigenvalue weighted by atomic mass is 10.1. The number of nitrogens with one attached hydrogen (secondary N) is 1. The maximum absolute atomic E-state index is 13.2. The van der Waals surface area contributed by atoms with Crippen molar-refractivity contribution >= 4 is 11.6 Å². The standard InChI is InChI=1S/C16H11F3N2O2/c17-16(18,19)13-10-11(21-15(22)8-9-20)6-7-14(13)23-12-4-2-1-3-5-12/h1-7,10H,8H2,(H,21,22). The van der Waals surface area contributed by atoms with Crippen LogP contribution in [0.25, 0.3) is 0 Å². The second-order valence-electron chi connectivity index (χ2n) is 4.51. The highest BCUT2D eigenvalue weighted by molar-refractivity contribution is 5.92. The molecule has 2 aromatic rings. The molecular formula is C16H11F3N2O2. The maximum atomic E-state index is 13.2. The maximum Gasteiger partial charge on any atom is 0.420 e. The topological polar surface area (TPSA) is 62.1 Å². The molecule has 2 aromatic carbocycles. The van der Waals surface area contributed by atoms with E-state index in [0.29, 0.717) is 0 Å². The number of alkyl halides is 3. The normalized spacial score (nSPS) is 10.7. The van der Waals surface area contributed by atoms with Crippen molar-refractivity contribution in [2.45, 2.75) is 12.6 Å². The summed E-state index contributed by atoms with van der Waals surface area (Å²) >= 11 is 0. The minimum Gasteiger partial charge on any atom is -0.457 e. The first kappa shape index (κ1) is 16.4. The number of ether oxygens (including phenoxy) is 1. The van der Waals surface area contributed by atoms with Gasteiger partial charge in [0.15, 0.2) is 0 Å². The van der Waals surface area contributed by atoms with Gasteiger partial charge in [-0.2, -0.15) is 18.4 Å². The molecule has 0 saturated carbocycles. The summed E-state index contributed by atoms with van der Waals surface area (Å²) in [5.41, 5.74) is -1.07. The molecule has 0 aliphatic heterocycles. The van der Waals surface area contributed by atoms with E-state index in [4.69, 9.17) is 10.00 Å². The van der Waals surface area contributed by atoms with Crippen molar-refractivity contribution in [2.75, 3.05) is 5.32 Å². The molecule has 2 rings (SSSR count). The molecule has 4 nitrogen and oxygen atoms in total. The Balaban J connectivity index is 2.32. The van der Waals surface area contributed by atoms with E-state index in [1.165, 1.54) is 18.2 Å². The molecule has 0 saturated heterocycles. The average molecular weight is 320 g/mol. The van der Waals surface area contributed by atoms with Gasteiger partial charge in [0.2, 0.25) is 5.91 Å². The van der Waals surface area contributed by atoms with Gasteiger partial charge in [-0.3, -0.25) is 4.79 Å². The summed E-state index contributed by atoms with van der Waals surface area (Å²) in [5.74, 6) is -0.793. The molecule has 0 heterocycles. The highest BCUT2D eigenvalue weighted by atomic mass is 19.4. The number of rotatable bonds is 4. The molecule has 0 aliphatic rings. The van der Waals surface area contributed by atoms with Crippen LogP contribution in [0.5, 0.6) is 11.5 Å². The zero-order chi connectivity index (χ0) is 16.9. The van der Waals surface area contributed by atoms with Crippen LogP contribution in [0.3, 0.4) is 0 Å². The van der Waals surface area contributed by atoms with Gasteiger partial charge >= 0.3 is 6.18 Å². The fourth-order valence-electron chi connectivity index (χ4n) is 1.81. The van der Waals surface area contributed by atoms with E-state index in [2.05, 4.69) is 5.32 Å². The van der Waals surface area contributed by atoms with Gasteiger partial charge in [-0.05, 0) is 30.3 Å². The number of amides is 1. The first-order valence-corrected chi connectivity index (χ1v) is 6.51. The zero-order valence-electron chi connectivity index (χ0n) is 11.7. The number of hydrogen-bond acceptors (Lipinski definition) is 3. The number of anilines is 1. The van der Waals surface area contributed by atoms with E-state index in [1.54, 1.807) is 24.3 Å². The SMILES string of the molecule is N#CCC(=O)Nc1ccc(Oc2ccccc2)c(C(F)(F)F)c1. The molecule has 118 valence electrons. The van der Waals surface area contributed by atoms with Crippen LogP contribution < -0.4 is 10.1 Å². The molecule has 0 fully saturated rings. The lowest BCUT2D eigenvalue weighted by Crippen LogP contribution is -2.12. The van der Waals surface area contributed by atoms with Crippen molar-refractivity contribution in [1.82, 2.24) is 0 Å². The molecule has 1 N–H and O–H groups in total. The van der Waals surface area contributed by atoms with E-state index in [1.807, 2.05) is 0 Å². The Hall–Kier alpha value is -3.01. The Labute approximate surface area is 130 Å². The van der Waals surface area contributed by atoms with E-state index >= 15 is 0 Å². The first-order valence-electron chi connectivity index (χ1n) is 6.51. The van der Waals surface area contributed by atoms with E-state index < -0.39 is 24.1 Å². The van der Waals surface area contributed by atoms with Crippen LogP contribution in [0, 0.1) is 11.3 Å². The summed E-state index contributed by atoms with van der Waals surface area (Å²) in [6.45, 7) is 0. The predicted octanol–water partition coefficient (Wildman–Crippen LogP) is 4.35. The largest absolute Gasteiger partial charge is 0.457 e. The first-order chi connectivity index (χ1) is 10.9. The second kappa shape index (κ2) is 6.83. The van der Waals surface area contributed by atoms with E-state index in [9.17, 15) is 18.0 Å². The highest BCUT2D eigenvalue weighted by Crippen LogP contribution is 2.39. The van der Waals surface area contributed by atoms with Crippen molar-refractivity contribution in [3.05, 3.63) is 54.1 Å². The average Bonchev–Trinajstić information content (AvgIpc) is 2.49. The monoisotopic (exact) mass is 320 g/mol. The van der Waals surface area contributed by atoms with E-state index in [-0.39, 0.29) is 17.2 Å². The summed E-state index contributed by atoms with van der Waals surface area (Å²) < 4.78 is 44.8. The van der Waals surface area contributed by atoms with Crippen LogP contribution in [-0.4, -0.2) is 5.91 Å². The Kier molecular flexibility index (Phi) is 4.86. The van der Waals surface area contributed by atoms with Crippen molar-refractivity contribution in [1.29, 1.82) is 5.26 Å². The van der Waals surface area contributed by atoms with Gasteiger partial charge in [0, 0.05) is 5.69 Å². The van der Waals surface area contributed by atoms with Crippen molar-refractivity contribution in [3.63, 3.8) is 0 Å². The number of carbonyl (C=O) groups excluding carboxylic acids is 1. The Morgan fingerprint density at radius 3 is 2.48 bits per heavy atom. The number of carbonyl (C=O) groups is 1. The van der Waals surface area contributed by atoms with Crippen LogP contribution in [0.4, 0.5) is 18.9 Å². The Morgan fingerprint density at radius 2 is 1.87 bits per heavy atom. The molecule has 23 heavy (non-hydrogen) atoms. The van der Waals surface area contributed by atoms with Gasteiger partial charge in [-0.1, -0.05) is 18.2 Å². The number of nitrogens with zero attached hydrogens (tertiary/aromatic N) is 1. The Morgan fingerprint density at radius 1 is 1.17 bits per heavy atom. The lowest BCUT2D eigenvalue weighted by molar-refractivity contribution is -0.138. The summed E-state index contributed by atoms with van der Waals surface area (Å²) in [6.07, 6.45) is -5.09. The Bertz CT molecular complexity index is 737. The molecule has 1 amide bonds. The molecule has 0 spiro atoms. The number of nitriles is 1. The summed E-state index contributed by atoms with van der Waals surface area (Å²) in [4.78, 5) is 11.3. The van der Waals surface area contributed by atoms with Gasteiger partial charge in [-0.15, -0.1) is 0 Å². The number of halogens is 3. The van der Waals surface area contributed by atoms with Gasteiger partial charge < -0.3 is 10.1 Å². The van der Waals surface area contributed by atoms with Crippen LogP contribution in [0.1, 0.15) is 12.0 Å². The minimum atomic E-state index is -4.65. The molecule has 0 aromatic heterocycles. The fourth-order valence-corrected chi connectivity index (χ4v) is 1.81. The van der Waals surface area contributed by atoms with Crippen molar-refractivity contribution < 1.29 is 22.7 Å². The van der Waals surface area contributed by atoms with Crippen molar-refractivity contribution in [3.8, 4) is 17.6 Å². The van der Waals surface area contributed by atoms with Gasteiger partial charge in [0.05, 0.1) is 6.07 Å². The van der Waals surface area contributed by atoms with Gasteiger partial charge in [0.1, 0.15) is 23.5 Å². The minimum absolute atomic E-state index is 0.0574. The second-order valence-corrected chi connectivity index (χ2v) is 4.51. The molecule has 0 radical (unpaired) electrons. The third-order valence-electron chi connectivity index (χ3n) is 2.78. The van der Waals surface area contributed by atoms with Gasteiger partial charge in [0.25, 0.3) is 0 Å². The number of hydrogen-bond donors (Lipinski definition) is 1. The molecule has 7 heteroatoms. The summed E-state index contributed by atoms with van der Waals surface area (Å²) in [6, 6.07) is 12.8. The van der Waals surface area contributed by atoms with Gasteiger partial charge in [-0.25, -0.2) is 0 Å². The van der Waals surface area contributed by atoms with Crippen molar-refractivity contribution in [2.24, 2.45) is 0 Å². The predicted molar refractivity (Wildman–Crippen MR) is 76.8 cm³/mol. The fraction of sp³-hybridized carbons (Fsp3) is 0.125. The third kappa shape index (κ3) is 4.48. The lowest BCUT2D eigenvalue weighted by Gasteiger charge is -2.15. The molecule has 0 bridgehead atoms. The molecule has 0 unspecified atom stereocenters. The zero-order valence-corrected chi connectivity index (χ0v) is 11.7. The molecule has 0 atom stereocenters. The highest BCUT2D eigenvalue weighted by Gasteiger charge is 2.35. The molecular weight excluding hydrogens is 309 g/mol. The van der Waals surface area contributed by atoms with Crippen LogP contribution in [0.15, 0.2) is 48.5 Å². The number of benzene rings is 2. The quantitative estimate of drug-likeness (QED) is 0.911. The number of para-hydroxylation sites is 1. The smallest absolute Gasteiger partial charge is 0.420 e. The van der Waals surface area contributed by atoms with E-state index in [0.717, 1.165) is 12.1 Å². The summed E-state index contributed by atoms with van der Waals surface area (Å²) in [7, 11) is 0. The summed E-state index contributed by atoms with van der Waals surface area (Å²) in [5, 5.41) is 10.6. The van der Waals surface area contributed by atoms with Crippen LogP contribution in [0.2, 0.25) is 0 Å². The molecule has 0 aliphatic carbocycles. The third-order valence-corrected chi connectivity index (χ3v) is 2.78. The van der Waals surface area contributed by atoms with Crippen LogP contribution in [-0.2, 0) is 11.0 Å².